The van der Waals surface area contributed by atoms with Crippen molar-refractivity contribution in [2.45, 2.75) is 6.42 Å². The first-order chi connectivity index (χ1) is 13.6. The molecule has 6 nitrogen and oxygen atoms in total. The zero-order chi connectivity index (χ0) is 19.3. The summed E-state index contributed by atoms with van der Waals surface area (Å²) in [5.41, 5.74) is 10.1. The highest BCUT2D eigenvalue weighted by Crippen LogP contribution is 2.39. The van der Waals surface area contributed by atoms with Crippen LogP contribution in [0.5, 0.6) is 0 Å². The number of hydrogen-bond acceptors (Lipinski definition) is 4. The number of H-pyrrole nitrogens is 1. The molecule has 6 heteroatoms. The second kappa shape index (κ2) is 6.10. The lowest BCUT2D eigenvalue weighted by Crippen LogP contribution is -2.15. The number of nitrogens with zero attached hydrogens (tertiary/aromatic N) is 2. The molecule has 5 rings (SSSR count). The Bertz CT molecular complexity index is 1280. The Morgan fingerprint density at radius 1 is 1.25 bits per heavy atom. The molecule has 4 aromatic rings. The van der Waals surface area contributed by atoms with Crippen LogP contribution >= 0.6 is 0 Å². The van der Waals surface area contributed by atoms with Crippen LogP contribution in [0.4, 0.5) is 11.5 Å². The second-order valence-electron chi connectivity index (χ2n) is 7.17. The predicted octanol–water partition coefficient (Wildman–Crippen LogP) is 4.06. The number of pyridine rings is 1. The van der Waals surface area contributed by atoms with E-state index in [1.807, 2.05) is 36.5 Å². The monoisotopic (exact) mass is 367 g/mol. The molecule has 1 amide bonds. The van der Waals surface area contributed by atoms with E-state index in [0.717, 1.165) is 32.8 Å². The summed E-state index contributed by atoms with van der Waals surface area (Å²) in [6.45, 7) is 0. The average molecular weight is 367 g/mol. The number of nitriles is 1. The van der Waals surface area contributed by atoms with Crippen LogP contribution in [0.15, 0.2) is 54.9 Å². The number of nitrogens with one attached hydrogen (secondary N) is 2. The third-order valence-electron chi connectivity index (χ3n) is 5.32. The van der Waals surface area contributed by atoms with Crippen molar-refractivity contribution < 1.29 is 4.79 Å². The minimum absolute atomic E-state index is 0.153. The Balaban J connectivity index is 1.55. The Kier molecular flexibility index (Phi) is 3.56. The molecule has 2 heterocycles. The van der Waals surface area contributed by atoms with Crippen molar-refractivity contribution in [1.29, 1.82) is 5.26 Å². The van der Waals surface area contributed by atoms with Crippen molar-refractivity contribution in [2.24, 2.45) is 11.8 Å². The number of aromatic nitrogens is 2. The summed E-state index contributed by atoms with van der Waals surface area (Å²) in [6.07, 6.45) is 4.21. The van der Waals surface area contributed by atoms with Gasteiger partial charge < -0.3 is 16.0 Å². The third kappa shape index (κ3) is 2.65. The molecule has 0 spiro atoms. The largest absolute Gasteiger partial charge is 0.398 e. The van der Waals surface area contributed by atoms with Gasteiger partial charge in [0.05, 0.1) is 17.9 Å². The number of rotatable bonds is 3. The van der Waals surface area contributed by atoms with Gasteiger partial charge in [-0.25, -0.2) is 4.98 Å². The molecular formula is C22H17N5O. The number of aromatic amines is 1. The Labute approximate surface area is 161 Å². The maximum absolute atomic E-state index is 12.2. The first-order valence-electron chi connectivity index (χ1n) is 9.10. The fourth-order valence-electron chi connectivity index (χ4n) is 3.69. The van der Waals surface area contributed by atoms with Gasteiger partial charge in [-0.05, 0) is 53.3 Å². The van der Waals surface area contributed by atoms with Crippen molar-refractivity contribution in [3.05, 3.63) is 54.9 Å². The molecule has 1 fully saturated rings. The summed E-state index contributed by atoms with van der Waals surface area (Å²) in [6, 6.07) is 16.1. The van der Waals surface area contributed by atoms with Crippen molar-refractivity contribution in [2.75, 3.05) is 11.1 Å². The van der Waals surface area contributed by atoms with Crippen LogP contribution in [0.2, 0.25) is 0 Å². The highest BCUT2D eigenvalue weighted by atomic mass is 16.2. The van der Waals surface area contributed by atoms with Gasteiger partial charge in [0.15, 0.2) is 0 Å². The summed E-state index contributed by atoms with van der Waals surface area (Å²) in [7, 11) is 0. The number of nitrogen functional groups attached to an aromatic ring is 1. The number of anilines is 2. The van der Waals surface area contributed by atoms with E-state index in [-0.39, 0.29) is 17.7 Å². The van der Waals surface area contributed by atoms with Gasteiger partial charge in [-0.3, -0.25) is 4.79 Å². The van der Waals surface area contributed by atoms with Crippen LogP contribution in [-0.2, 0) is 4.79 Å². The maximum atomic E-state index is 12.2. The lowest BCUT2D eigenvalue weighted by molar-refractivity contribution is -0.117. The quantitative estimate of drug-likeness (QED) is 0.474. The lowest BCUT2D eigenvalue weighted by Gasteiger charge is -2.10. The first-order valence-corrected chi connectivity index (χ1v) is 9.10. The van der Waals surface area contributed by atoms with E-state index in [1.165, 1.54) is 0 Å². The van der Waals surface area contributed by atoms with Crippen LogP contribution in [0.25, 0.3) is 32.8 Å². The van der Waals surface area contributed by atoms with E-state index in [1.54, 1.807) is 6.20 Å². The summed E-state index contributed by atoms with van der Waals surface area (Å²) < 4.78 is 0. The number of benzene rings is 2. The molecule has 0 saturated heterocycles. The van der Waals surface area contributed by atoms with Gasteiger partial charge in [0.25, 0.3) is 0 Å². The molecule has 0 bridgehead atoms. The molecule has 0 radical (unpaired) electrons. The van der Waals surface area contributed by atoms with Crippen LogP contribution in [0.3, 0.4) is 0 Å². The zero-order valence-electron chi connectivity index (χ0n) is 14.9. The number of carbonyl (C=O) groups excluding carboxylic acids is 1. The molecule has 1 saturated carbocycles. The number of carbonyl (C=O) groups is 1. The van der Waals surface area contributed by atoms with Crippen molar-refractivity contribution >= 4 is 39.1 Å². The minimum atomic E-state index is -0.231. The Morgan fingerprint density at radius 2 is 2.14 bits per heavy atom. The van der Waals surface area contributed by atoms with E-state index in [0.29, 0.717) is 17.9 Å². The van der Waals surface area contributed by atoms with Gasteiger partial charge in [0.2, 0.25) is 5.91 Å². The van der Waals surface area contributed by atoms with E-state index in [4.69, 9.17) is 11.0 Å². The topological polar surface area (TPSA) is 108 Å². The van der Waals surface area contributed by atoms with Crippen LogP contribution in [0, 0.1) is 23.2 Å². The van der Waals surface area contributed by atoms with Crippen molar-refractivity contribution in [3.63, 3.8) is 0 Å². The number of hydrogen-bond donors (Lipinski definition) is 3. The lowest BCUT2D eigenvalue weighted by atomic mass is 9.98. The summed E-state index contributed by atoms with van der Waals surface area (Å²) >= 11 is 0. The molecule has 0 aliphatic heterocycles. The highest BCUT2D eigenvalue weighted by Gasteiger charge is 2.43. The third-order valence-corrected chi connectivity index (χ3v) is 5.32. The Morgan fingerprint density at radius 3 is 2.96 bits per heavy atom. The standard InChI is InChI=1S/C22H17N5O/c23-10-14-7-17(14)22(28)27-21-9-13-6-12(8-19(24)18(13)11-26-21)15-2-1-3-20-16(15)4-5-25-20/h1-6,8-9,11,14,17,25H,7,24H2,(H,26,27,28)/t14-,17+/m1/s1. The van der Waals surface area contributed by atoms with E-state index in [9.17, 15) is 4.79 Å². The molecule has 28 heavy (non-hydrogen) atoms. The van der Waals surface area contributed by atoms with Crippen LogP contribution in [-0.4, -0.2) is 15.9 Å². The predicted molar refractivity (Wildman–Crippen MR) is 109 cm³/mol. The zero-order valence-corrected chi connectivity index (χ0v) is 14.9. The minimum Gasteiger partial charge on any atom is -0.398 e. The van der Waals surface area contributed by atoms with Gasteiger partial charge in [-0.1, -0.05) is 12.1 Å². The fourth-order valence-corrected chi connectivity index (χ4v) is 3.69. The van der Waals surface area contributed by atoms with E-state index in [2.05, 4.69) is 33.5 Å². The van der Waals surface area contributed by atoms with E-state index >= 15 is 0 Å². The first kappa shape index (κ1) is 16.3. The van der Waals surface area contributed by atoms with Gasteiger partial charge in [0.1, 0.15) is 5.82 Å². The van der Waals surface area contributed by atoms with Gasteiger partial charge in [-0.15, -0.1) is 0 Å². The molecule has 1 aliphatic rings. The highest BCUT2D eigenvalue weighted by molar-refractivity contribution is 6.03. The van der Waals surface area contributed by atoms with E-state index < -0.39 is 0 Å². The number of nitrogens with two attached hydrogens (primary N) is 1. The SMILES string of the molecule is N#C[C@H]1C[C@@H]1C(=O)Nc1cc2cc(-c3cccc4[nH]ccc34)cc(N)c2cn1. The molecule has 136 valence electrons. The smallest absolute Gasteiger partial charge is 0.230 e. The number of fused-ring (bicyclic) bond motifs is 2. The fraction of sp³-hybridized carbons (Fsp3) is 0.136. The molecule has 2 aromatic carbocycles. The average Bonchev–Trinajstić information content (AvgIpc) is 3.34. The molecular weight excluding hydrogens is 350 g/mol. The molecule has 0 unspecified atom stereocenters. The summed E-state index contributed by atoms with van der Waals surface area (Å²) in [4.78, 5) is 19.8. The second-order valence-corrected chi connectivity index (χ2v) is 7.17. The maximum Gasteiger partial charge on any atom is 0.230 e. The summed E-state index contributed by atoms with van der Waals surface area (Å²) in [5.74, 6) is -0.0910. The van der Waals surface area contributed by atoms with Crippen molar-refractivity contribution in [1.82, 2.24) is 9.97 Å². The number of amides is 1. The summed E-state index contributed by atoms with van der Waals surface area (Å²) in [5, 5.41) is 14.6. The van der Waals surface area contributed by atoms with Crippen molar-refractivity contribution in [3.8, 4) is 17.2 Å². The van der Waals surface area contributed by atoms with Gasteiger partial charge in [0, 0.05) is 34.4 Å². The molecule has 4 N–H and O–H groups in total. The van der Waals surface area contributed by atoms with Crippen LogP contribution < -0.4 is 11.1 Å². The normalized spacial score (nSPS) is 18.1. The molecule has 2 aromatic heterocycles. The molecule has 1 aliphatic carbocycles. The Hall–Kier alpha value is -3.85. The molecule has 2 atom stereocenters. The van der Waals surface area contributed by atoms with Crippen LogP contribution in [0.1, 0.15) is 6.42 Å². The van der Waals surface area contributed by atoms with Gasteiger partial charge in [-0.2, -0.15) is 5.26 Å². The van der Waals surface area contributed by atoms with Gasteiger partial charge >= 0.3 is 0 Å².